The molecular weight excluding hydrogens is 195 g/mol. The highest BCUT2D eigenvalue weighted by molar-refractivity contribution is 6.35. The maximum atomic E-state index is 5.12. The second-order valence-corrected chi connectivity index (χ2v) is 3.01. The van der Waals surface area contributed by atoms with Crippen LogP contribution < -0.4 is 0 Å². The van der Waals surface area contributed by atoms with E-state index in [1.54, 1.807) is 0 Å². The van der Waals surface area contributed by atoms with Crippen LogP contribution in [0.3, 0.4) is 0 Å². The van der Waals surface area contributed by atoms with Crippen LogP contribution in [0.5, 0.6) is 0 Å². The summed E-state index contributed by atoms with van der Waals surface area (Å²) in [5.41, 5.74) is 1.03. The normalized spacial score (nSPS) is 12.5. The summed E-state index contributed by atoms with van der Waals surface area (Å²) in [5, 5.41) is 0. The Hall–Kier alpha value is -0.875. The summed E-state index contributed by atoms with van der Waals surface area (Å²) in [6, 6.07) is 9.76. The third-order valence-corrected chi connectivity index (χ3v) is 1.93. The second kappa shape index (κ2) is 6.58. The van der Waals surface area contributed by atoms with Gasteiger partial charge in [0.1, 0.15) is 6.10 Å². The Morgan fingerprint density at radius 2 is 1.67 bits per heavy atom. The van der Waals surface area contributed by atoms with E-state index in [0.29, 0.717) is 0 Å². The fraction of sp³-hybridized carbons (Fsp3) is 0.400. The van der Waals surface area contributed by atoms with E-state index in [1.807, 2.05) is 37.3 Å². The molecular formula is C10H15BO4. The van der Waals surface area contributed by atoms with E-state index in [2.05, 4.69) is 0 Å². The van der Waals surface area contributed by atoms with Crippen molar-refractivity contribution in [3.63, 3.8) is 0 Å². The van der Waals surface area contributed by atoms with Crippen molar-refractivity contribution >= 4 is 7.32 Å². The molecule has 0 N–H and O–H groups in total. The molecule has 0 radical (unpaired) electrons. The molecule has 1 aromatic rings. The number of benzene rings is 1. The molecule has 1 rings (SSSR count). The Kier molecular flexibility index (Phi) is 5.35. The molecule has 0 aliphatic rings. The number of hydrogen-bond acceptors (Lipinski definition) is 4. The molecule has 0 saturated carbocycles. The van der Waals surface area contributed by atoms with E-state index in [-0.39, 0.29) is 6.10 Å². The zero-order chi connectivity index (χ0) is 11.1. The van der Waals surface area contributed by atoms with Crippen molar-refractivity contribution in [2.24, 2.45) is 0 Å². The summed E-state index contributed by atoms with van der Waals surface area (Å²) in [5.74, 6) is 0. The third kappa shape index (κ3) is 4.01. The van der Waals surface area contributed by atoms with E-state index < -0.39 is 7.32 Å². The Morgan fingerprint density at radius 3 is 2.20 bits per heavy atom. The molecule has 0 amide bonds. The molecule has 1 unspecified atom stereocenters. The molecule has 5 heteroatoms. The Bertz CT molecular complexity index is 263. The summed E-state index contributed by atoms with van der Waals surface area (Å²) >= 11 is 0. The van der Waals surface area contributed by atoms with Crippen molar-refractivity contribution in [1.82, 2.24) is 0 Å². The monoisotopic (exact) mass is 210 g/mol. The van der Waals surface area contributed by atoms with Crippen molar-refractivity contribution in [2.45, 2.75) is 13.0 Å². The van der Waals surface area contributed by atoms with Crippen molar-refractivity contribution in [1.29, 1.82) is 0 Å². The lowest BCUT2D eigenvalue weighted by Crippen LogP contribution is -2.24. The zero-order valence-electron chi connectivity index (χ0n) is 9.17. The van der Waals surface area contributed by atoms with Gasteiger partial charge in [-0.25, -0.2) is 9.69 Å². The lowest BCUT2D eigenvalue weighted by molar-refractivity contribution is -0.270. The van der Waals surface area contributed by atoms with Crippen molar-refractivity contribution < 1.29 is 19.0 Å². The SMILES string of the molecule is COB(OC)OOC(C)c1ccccc1. The van der Waals surface area contributed by atoms with Crippen LogP contribution in [0.4, 0.5) is 0 Å². The van der Waals surface area contributed by atoms with Gasteiger partial charge in [-0.15, -0.1) is 0 Å². The average Bonchev–Trinajstić information content (AvgIpc) is 2.31. The Morgan fingerprint density at radius 1 is 1.07 bits per heavy atom. The van der Waals surface area contributed by atoms with Gasteiger partial charge in [-0.05, 0) is 12.5 Å². The highest BCUT2D eigenvalue weighted by Gasteiger charge is 2.20. The standard InChI is InChI=1S/C10H15BO4/c1-9(10-7-5-4-6-8-10)14-15-11(12-2)13-3/h4-9H,1-3H3. The van der Waals surface area contributed by atoms with Crippen LogP contribution >= 0.6 is 0 Å². The summed E-state index contributed by atoms with van der Waals surface area (Å²) in [6.07, 6.45) is -0.168. The van der Waals surface area contributed by atoms with Gasteiger partial charge in [-0.3, -0.25) is 0 Å². The molecule has 0 bridgehead atoms. The van der Waals surface area contributed by atoms with Crippen LogP contribution in [0.15, 0.2) is 30.3 Å². The minimum absolute atomic E-state index is 0.168. The minimum atomic E-state index is -0.795. The molecule has 0 fully saturated rings. The van der Waals surface area contributed by atoms with E-state index in [1.165, 1.54) is 14.2 Å². The van der Waals surface area contributed by atoms with Gasteiger partial charge in [0.05, 0.1) is 0 Å². The summed E-state index contributed by atoms with van der Waals surface area (Å²) in [6.45, 7) is 1.89. The molecule has 0 aliphatic carbocycles. The number of rotatable bonds is 6. The van der Waals surface area contributed by atoms with Crippen molar-refractivity contribution in [3.05, 3.63) is 35.9 Å². The first-order valence-electron chi connectivity index (χ1n) is 4.70. The van der Waals surface area contributed by atoms with Gasteiger partial charge in [0.25, 0.3) is 0 Å². The molecule has 0 aliphatic heterocycles. The smallest absolute Gasteiger partial charge is 0.387 e. The zero-order valence-corrected chi connectivity index (χ0v) is 9.17. The highest BCUT2D eigenvalue weighted by atomic mass is 17.2. The van der Waals surface area contributed by atoms with Gasteiger partial charge in [-0.2, -0.15) is 0 Å². The van der Waals surface area contributed by atoms with Gasteiger partial charge in [0, 0.05) is 14.2 Å². The largest absolute Gasteiger partial charge is 0.667 e. The van der Waals surface area contributed by atoms with Crippen LogP contribution in [-0.2, 0) is 19.0 Å². The molecule has 82 valence electrons. The summed E-state index contributed by atoms with van der Waals surface area (Å²) in [7, 11) is 2.16. The van der Waals surface area contributed by atoms with E-state index in [4.69, 9.17) is 19.0 Å². The van der Waals surface area contributed by atoms with Crippen LogP contribution in [-0.4, -0.2) is 21.5 Å². The van der Waals surface area contributed by atoms with Gasteiger partial charge < -0.3 is 9.31 Å². The van der Waals surface area contributed by atoms with Gasteiger partial charge in [0.15, 0.2) is 0 Å². The third-order valence-electron chi connectivity index (χ3n) is 1.93. The highest BCUT2D eigenvalue weighted by Crippen LogP contribution is 2.16. The molecule has 15 heavy (non-hydrogen) atoms. The van der Waals surface area contributed by atoms with Crippen LogP contribution in [0.25, 0.3) is 0 Å². The predicted molar refractivity (Wildman–Crippen MR) is 56.8 cm³/mol. The molecule has 0 aromatic heterocycles. The van der Waals surface area contributed by atoms with Crippen LogP contribution in [0.2, 0.25) is 0 Å². The molecule has 1 aromatic carbocycles. The molecule has 4 nitrogen and oxygen atoms in total. The molecule has 0 saturated heterocycles. The quantitative estimate of drug-likeness (QED) is 0.408. The fourth-order valence-corrected chi connectivity index (χ4v) is 1.08. The first-order chi connectivity index (χ1) is 7.27. The van der Waals surface area contributed by atoms with Crippen molar-refractivity contribution in [3.8, 4) is 0 Å². The van der Waals surface area contributed by atoms with E-state index in [9.17, 15) is 0 Å². The topological polar surface area (TPSA) is 36.9 Å². The maximum Gasteiger partial charge on any atom is 0.667 e. The first kappa shape index (κ1) is 12.2. The van der Waals surface area contributed by atoms with E-state index in [0.717, 1.165) is 5.56 Å². The molecule has 1 atom stereocenters. The lowest BCUT2D eigenvalue weighted by Gasteiger charge is -2.14. The van der Waals surface area contributed by atoms with Crippen LogP contribution in [0.1, 0.15) is 18.6 Å². The average molecular weight is 210 g/mol. The Labute approximate surface area is 90.2 Å². The lowest BCUT2D eigenvalue weighted by atomic mass is 10.1. The van der Waals surface area contributed by atoms with Gasteiger partial charge in [0.2, 0.25) is 0 Å². The fourth-order valence-electron chi connectivity index (χ4n) is 1.08. The Balaban J connectivity index is 2.39. The van der Waals surface area contributed by atoms with Crippen molar-refractivity contribution in [2.75, 3.05) is 14.2 Å². The molecule has 0 heterocycles. The van der Waals surface area contributed by atoms with Gasteiger partial charge >= 0.3 is 7.32 Å². The second-order valence-electron chi connectivity index (χ2n) is 3.01. The number of hydrogen-bond donors (Lipinski definition) is 0. The maximum absolute atomic E-state index is 5.12. The minimum Gasteiger partial charge on any atom is -0.387 e. The summed E-state index contributed by atoms with van der Waals surface area (Å²) in [4.78, 5) is 10.0. The first-order valence-corrected chi connectivity index (χ1v) is 4.70. The van der Waals surface area contributed by atoms with E-state index >= 15 is 0 Å². The van der Waals surface area contributed by atoms with Crippen LogP contribution in [0, 0.1) is 0 Å². The summed E-state index contributed by atoms with van der Waals surface area (Å²) < 4.78 is 9.63. The predicted octanol–water partition coefficient (Wildman–Crippen LogP) is 1.97. The molecule has 0 spiro atoms. The van der Waals surface area contributed by atoms with Gasteiger partial charge in [-0.1, -0.05) is 30.3 Å².